The molecule has 1 aromatic rings. The third-order valence-corrected chi connectivity index (χ3v) is 2.95. The molecule has 4 nitrogen and oxygen atoms in total. The van der Waals surface area contributed by atoms with Crippen LogP contribution < -0.4 is 11.1 Å². The number of aromatic hydroxyl groups is 1. The first-order chi connectivity index (χ1) is 8.58. The fourth-order valence-electron chi connectivity index (χ4n) is 1.23. The van der Waals surface area contributed by atoms with Crippen LogP contribution >= 0.6 is 0 Å². The number of hydrogen-bond donors (Lipinski definition) is 3. The van der Waals surface area contributed by atoms with Gasteiger partial charge in [0.2, 0.25) is 5.82 Å². The molecule has 0 aromatic heterocycles. The van der Waals surface area contributed by atoms with E-state index in [4.69, 9.17) is 10.8 Å². The van der Waals surface area contributed by atoms with Crippen molar-refractivity contribution in [3.63, 3.8) is 0 Å². The second kappa shape index (κ2) is 5.08. The van der Waals surface area contributed by atoms with Gasteiger partial charge in [0.15, 0.2) is 17.4 Å². The molecule has 1 rings (SSSR count). The highest BCUT2D eigenvalue weighted by Gasteiger charge is 2.29. The van der Waals surface area contributed by atoms with Gasteiger partial charge in [-0.25, -0.2) is 8.78 Å². The number of phenolic OH excluding ortho intramolecular Hbond substituents is 1. The third kappa shape index (κ3) is 2.98. The lowest BCUT2D eigenvalue weighted by atomic mass is 9.96. The summed E-state index contributed by atoms with van der Waals surface area (Å²) >= 11 is 0. The fraction of sp³-hybridized carbons (Fsp3) is 0.417. The molecule has 4 N–H and O–H groups in total. The Labute approximate surface area is 108 Å². The summed E-state index contributed by atoms with van der Waals surface area (Å²) in [7, 11) is 0. The Bertz CT molecular complexity index is 516. The Kier molecular flexibility index (Phi) is 4.09. The minimum Gasteiger partial charge on any atom is -0.503 e. The molecule has 0 spiro atoms. The number of hydrogen-bond acceptors (Lipinski definition) is 3. The molecule has 1 aromatic carbocycles. The van der Waals surface area contributed by atoms with Crippen LogP contribution in [0, 0.1) is 17.5 Å². The quantitative estimate of drug-likeness (QED) is 0.735. The van der Waals surface area contributed by atoms with E-state index in [1.54, 1.807) is 20.8 Å². The van der Waals surface area contributed by atoms with Gasteiger partial charge in [-0.1, -0.05) is 0 Å². The van der Waals surface area contributed by atoms with Crippen LogP contribution in [0.3, 0.4) is 0 Å². The van der Waals surface area contributed by atoms with Crippen molar-refractivity contribution in [1.29, 1.82) is 0 Å². The van der Waals surface area contributed by atoms with Crippen molar-refractivity contribution in [3.05, 3.63) is 29.1 Å². The second-order valence-corrected chi connectivity index (χ2v) is 4.85. The zero-order chi connectivity index (χ0) is 15.0. The predicted octanol–water partition coefficient (Wildman–Crippen LogP) is 1.67. The van der Waals surface area contributed by atoms with Gasteiger partial charge in [-0.2, -0.15) is 4.39 Å². The van der Waals surface area contributed by atoms with Crippen LogP contribution in [0.1, 0.15) is 31.1 Å². The average Bonchev–Trinajstić information content (AvgIpc) is 2.30. The molecule has 1 unspecified atom stereocenters. The summed E-state index contributed by atoms with van der Waals surface area (Å²) in [6, 6.07) is -0.0739. The van der Waals surface area contributed by atoms with Gasteiger partial charge in [-0.05, 0) is 26.8 Å². The maximum absolute atomic E-state index is 13.5. The second-order valence-electron chi connectivity index (χ2n) is 4.85. The van der Waals surface area contributed by atoms with Crippen molar-refractivity contribution < 1.29 is 23.1 Å². The maximum Gasteiger partial charge on any atom is 0.254 e. The summed E-state index contributed by atoms with van der Waals surface area (Å²) < 4.78 is 39.5. The van der Waals surface area contributed by atoms with Crippen LogP contribution in [0.25, 0.3) is 0 Å². The SMILES string of the molecule is CC(N)C(C)(C)NC(=O)c1cc(F)c(F)c(O)c1F. The van der Waals surface area contributed by atoms with E-state index in [2.05, 4.69) is 5.32 Å². The molecule has 0 aliphatic carbocycles. The number of halogens is 3. The fourth-order valence-corrected chi connectivity index (χ4v) is 1.23. The number of amides is 1. The van der Waals surface area contributed by atoms with E-state index < -0.39 is 46.3 Å². The van der Waals surface area contributed by atoms with Gasteiger partial charge in [-0.15, -0.1) is 0 Å². The molecular formula is C12H15F3N2O2. The Morgan fingerprint density at radius 1 is 1.37 bits per heavy atom. The van der Waals surface area contributed by atoms with Crippen molar-refractivity contribution in [2.75, 3.05) is 0 Å². The molecule has 0 bridgehead atoms. The lowest BCUT2D eigenvalue weighted by Gasteiger charge is -2.30. The van der Waals surface area contributed by atoms with Crippen molar-refractivity contribution in [3.8, 4) is 5.75 Å². The Morgan fingerprint density at radius 3 is 2.37 bits per heavy atom. The van der Waals surface area contributed by atoms with E-state index in [1.807, 2.05) is 0 Å². The van der Waals surface area contributed by atoms with Crippen LogP contribution in [-0.2, 0) is 0 Å². The lowest BCUT2D eigenvalue weighted by molar-refractivity contribution is 0.0897. The number of benzene rings is 1. The number of nitrogens with one attached hydrogen (secondary N) is 1. The Balaban J connectivity index is 3.15. The first-order valence-electron chi connectivity index (χ1n) is 5.52. The highest BCUT2D eigenvalue weighted by atomic mass is 19.2. The predicted molar refractivity (Wildman–Crippen MR) is 63.2 cm³/mol. The van der Waals surface area contributed by atoms with Crippen molar-refractivity contribution >= 4 is 5.91 Å². The molecule has 106 valence electrons. The van der Waals surface area contributed by atoms with E-state index in [1.165, 1.54) is 0 Å². The summed E-state index contributed by atoms with van der Waals surface area (Å²) in [6.45, 7) is 4.81. The van der Waals surface area contributed by atoms with Crippen LogP contribution in [0.15, 0.2) is 6.07 Å². The van der Waals surface area contributed by atoms with Crippen LogP contribution in [0.4, 0.5) is 13.2 Å². The zero-order valence-electron chi connectivity index (χ0n) is 10.7. The summed E-state index contributed by atoms with van der Waals surface area (Å²) in [5.41, 5.74) is 3.95. The number of phenols is 1. The van der Waals surface area contributed by atoms with E-state index in [-0.39, 0.29) is 0 Å². The molecule has 0 fully saturated rings. The van der Waals surface area contributed by atoms with Crippen molar-refractivity contribution in [1.82, 2.24) is 5.32 Å². The minimum atomic E-state index is -1.74. The van der Waals surface area contributed by atoms with Crippen LogP contribution in [-0.4, -0.2) is 22.6 Å². The van der Waals surface area contributed by atoms with Gasteiger partial charge in [0.1, 0.15) is 0 Å². The molecule has 0 aliphatic rings. The summed E-state index contributed by atoms with van der Waals surface area (Å²) in [5, 5.41) is 11.4. The van der Waals surface area contributed by atoms with Gasteiger partial charge in [0.25, 0.3) is 5.91 Å². The normalized spacial score (nSPS) is 13.2. The van der Waals surface area contributed by atoms with Gasteiger partial charge >= 0.3 is 0 Å². The first-order valence-corrected chi connectivity index (χ1v) is 5.52. The smallest absolute Gasteiger partial charge is 0.254 e. The highest BCUT2D eigenvalue weighted by Crippen LogP contribution is 2.26. The number of rotatable bonds is 3. The largest absolute Gasteiger partial charge is 0.503 e. The highest BCUT2D eigenvalue weighted by molar-refractivity contribution is 5.95. The summed E-state index contributed by atoms with van der Waals surface area (Å²) in [4.78, 5) is 11.8. The van der Waals surface area contributed by atoms with Crippen molar-refractivity contribution in [2.24, 2.45) is 5.73 Å². The molecule has 0 aliphatic heterocycles. The number of carbonyl (C=O) groups excluding carboxylic acids is 1. The molecule has 0 saturated carbocycles. The average molecular weight is 276 g/mol. The standard InChI is InChI=1S/C12H15F3N2O2/c1-5(16)12(2,3)17-11(19)6-4-7(13)9(15)10(18)8(6)14/h4-5,18H,16H2,1-3H3,(H,17,19). The van der Waals surface area contributed by atoms with E-state index in [9.17, 15) is 18.0 Å². The molecule has 0 radical (unpaired) electrons. The lowest BCUT2D eigenvalue weighted by Crippen LogP contribution is -2.54. The number of nitrogens with two attached hydrogens (primary N) is 1. The summed E-state index contributed by atoms with van der Waals surface area (Å²) in [5.74, 6) is -7.28. The van der Waals surface area contributed by atoms with Gasteiger partial charge < -0.3 is 16.2 Å². The Morgan fingerprint density at radius 2 is 1.89 bits per heavy atom. The van der Waals surface area contributed by atoms with E-state index >= 15 is 0 Å². The topological polar surface area (TPSA) is 75.3 Å². The Hall–Kier alpha value is -1.76. The summed E-state index contributed by atoms with van der Waals surface area (Å²) in [6.07, 6.45) is 0. The molecule has 1 amide bonds. The number of carbonyl (C=O) groups is 1. The minimum absolute atomic E-state index is 0.386. The van der Waals surface area contributed by atoms with E-state index in [0.717, 1.165) is 0 Å². The zero-order valence-corrected chi connectivity index (χ0v) is 10.7. The van der Waals surface area contributed by atoms with Gasteiger partial charge in [0.05, 0.1) is 5.56 Å². The maximum atomic E-state index is 13.5. The van der Waals surface area contributed by atoms with E-state index in [0.29, 0.717) is 6.07 Å². The van der Waals surface area contributed by atoms with Gasteiger partial charge in [0, 0.05) is 11.6 Å². The molecule has 0 saturated heterocycles. The third-order valence-electron chi connectivity index (χ3n) is 2.95. The molecular weight excluding hydrogens is 261 g/mol. The van der Waals surface area contributed by atoms with Crippen LogP contribution in [0.2, 0.25) is 0 Å². The van der Waals surface area contributed by atoms with Crippen molar-refractivity contribution in [2.45, 2.75) is 32.4 Å². The molecule has 19 heavy (non-hydrogen) atoms. The molecule has 1 atom stereocenters. The monoisotopic (exact) mass is 276 g/mol. The first kappa shape index (κ1) is 15.3. The molecule has 7 heteroatoms. The van der Waals surface area contributed by atoms with Crippen LogP contribution in [0.5, 0.6) is 5.75 Å². The molecule has 0 heterocycles. The van der Waals surface area contributed by atoms with Gasteiger partial charge in [-0.3, -0.25) is 4.79 Å².